The van der Waals surface area contributed by atoms with Crippen LogP contribution >= 0.6 is 0 Å². The molecule has 4 nitrogen and oxygen atoms in total. The van der Waals surface area contributed by atoms with Gasteiger partial charge in [-0.1, -0.05) is 12.1 Å². The lowest BCUT2D eigenvalue weighted by Gasteiger charge is -2.13. The molecule has 0 bridgehead atoms. The summed E-state index contributed by atoms with van der Waals surface area (Å²) in [4.78, 5) is 10.7. The number of rotatable bonds is 4. The predicted molar refractivity (Wildman–Crippen MR) is 54.8 cm³/mol. The van der Waals surface area contributed by atoms with Gasteiger partial charge in [-0.15, -0.1) is 0 Å². The average molecular weight is 210 g/mol. The number of aliphatic hydroxyl groups is 2. The van der Waals surface area contributed by atoms with Gasteiger partial charge < -0.3 is 15.3 Å². The minimum atomic E-state index is -0.997. The number of carbonyl (C=O) groups is 1. The van der Waals surface area contributed by atoms with Crippen molar-refractivity contribution in [2.75, 3.05) is 0 Å². The van der Waals surface area contributed by atoms with Crippen LogP contribution in [0.15, 0.2) is 24.3 Å². The van der Waals surface area contributed by atoms with Crippen LogP contribution in [-0.4, -0.2) is 33.5 Å². The highest BCUT2D eigenvalue weighted by atomic mass is 16.4. The van der Waals surface area contributed by atoms with Gasteiger partial charge >= 0.3 is 5.97 Å². The number of aromatic carboxylic acids is 1. The van der Waals surface area contributed by atoms with Crippen LogP contribution in [0, 0.1) is 0 Å². The Morgan fingerprint density at radius 2 is 2.07 bits per heavy atom. The zero-order valence-corrected chi connectivity index (χ0v) is 8.42. The topological polar surface area (TPSA) is 77.8 Å². The molecule has 0 aliphatic carbocycles. The van der Waals surface area contributed by atoms with Crippen LogP contribution in [0.5, 0.6) is 0 Å². The molecule has 0 radical (unpaired) electrons. The van der Waals surface area contributed by atoms with E-state index in [2.05, 4.69) is 0 Å². The summed E-state index contributed by atoms with van der Waals surface area (Å²) in [5.74, 6) is -0.997. The summed E-state index contributed by atoms with van der Waals surface area (Å²) in [7, 11) is 0. The Morgan fingerprint density at radius 1 is 1.40 bits per heavy atom. The van der Waals surface area contributed by atoms with Crippen LogP contribution in [0.4, 0.5) is 0 Å². The van der Waals surface area contributed by atoms with Gasteiger partial charge in [0, 0.05) is 6.42 Å². The number of benzene rings is 1. The molecule has 15 heavy (non-hydrogen) atoms. The van der Waals surface area contributed by atoms with Gasteiger partial charge in [-0.3, -0.25) is 0 Å². The predicted octanol–water partition coefficient (Wildman–Crippen LogP) is 0.669. The first-order valence-electron chi connectivity index (χ1n) is 4.69. The van der Waals surface area contributed by atoms with Gasteiger partial charge in [-0.05, 0) is 24.6 Å². The van der Waals surface area contributed by atoms with Gasteiger partial charge in [0.25, 0.3) is 0 Å². The molecule has 0 aliphatic rings. The van der Waals surface area contributed by atoms with Crippen molar-refractivity contribution in [1.82, 2.24) is 0 Å². The third kappa shape index (κ3) is 3.34. The van der Waals surface area contributed by atoms with Gasteiger partial charge in [0.1, 0.15) is 0 Å². The van der Waals surface area contributed by atoms with Crippen LogP contribution in [0.2, 0.25) is 0 Å². The first kappa shape index (κ1) is 11.7. The second-order valence-corrected chi connectivity index (χ2v) is 3.52. The summed E-state index contributed by atoms with van der Waals surface area (Å²) in [6.07, 6.45) is -1.44. The maximum Gasteiger partial charge on any atom is 0.335 e. The highest BCUT2D eigenvalue weighted by Crippen LogP contribution is 2.09. The average Bonchev–Trinajstić information content (AvgIpc) is 2.18. The molecular formula is C11H14O4. The standard InChI is InChI=1S/C11H14O4/c1-7(12)10(13)6-8-3-2-4-9(5-8)11(14)15/h2-5,7,10,12-13H,6H2,1H3,(H,14,15). The second kappa shape index (κ2) is 4.91. The molecule has 0 amide bonds. The molecule has 0 saturated carbocycles. The Morgan fingerprint density at radius 3 is 2.60 bits per heavy atom. The van der Waals surface area contributed by atoms with Crippen molar-refractivity contribution in [1.29, 1.82) is 0 Å². The van der Waals surface area contributed by atoms with Crippen molar-refractivity contribution in [3.8, 4) is 0 Å². The number of carboxylic acids is 1. The van der Waals surface area contributed by atoms with E-state index in [0.717, 1.165) is 0 Å². The smallest absolute Gasteiger partial charge is 0.335 e. The molecule has 0 heterocycles. The van der Waals surface area contributed by atoms with Gasteiger partial charge in [-0.25, -0.2) is 4.79 Å². The molecule has 4 heteroatoms. The molecule has 2 unspecified atom stereocenters. The highest BCUT2D eigenvalue weighted by Gasteiger charge is 2.12. The van der Waals surface area contributed by atoms with Crippen molar-refractivity contribution >= 4 is 5.97 Å². The molecular weight excluding hydrogens is 196 g/mol. The lowest BCUT2D eigenvalue weighted by atomic mass is 10.0. The molecule has 3 N–H and O–H groups in total. The van der Waals surface area contributed by atoms with Crippen LogP contribution in [0.3, 0.4) is 0 Å². The molecule has 0 saturated heterocycles. The van der Waals surface area contributed by atoms with Crippen molar-refractivity contribution in [3.63, 3.8) is 0 Å². The number of hydrogen-bond acceptors (Lipinski definition) is 3. The van der Waals surface area contributed by atoms with Crippen LogP contribution in [0.1, 0.15) is 22.8 Å². The number of aliphatic hydroxyl groups excluding tert-OH is 2. The quantitative estimate of drug-likeness (QED) is 0.682. The first-order chi connectivity index (χ1) is 7.00. The minimum absolute atomic E-state index is 0.185. The van der Waals surface area contributed by atoms with E-state index in [9.17, 15) is 9.90 Å². The summed E-state index contributed by atoms with van der Waals surface area (Å²) in [6.45, 7) is 1.49. The third-order valence-corrected chi connectivity index (χ3v) is 2.18. The van der Waals surface area contributed by atoms with E-state index < -0.39 is 18.2 Å². The Bertz CT molecular complexity index is 346. The van der Waals surface area contributed by atoms with Crippen LogP contribution in [0.25, 0.3) is 0 Å². The summed E-state index contributed by atoms with van der Waals surface area (Å²) in [5.41, 5.74) is 0.883. The van der Waals surface area contributed by atoms with E-state index in [4.69, 9.17) is 10.2 Å². The maximum absolute atomic E-state index is 10.7. The van der Waals surface area contributed by atoms with Crippen molar-refractivity contribution < 1.29 is 20.1 Å². The van der Waals surface area contributed by atoms with Gasteiger partial charge in [0.2, 0.25) is 0 Å². The SMILES string of the molecule is CC(O)C(O)Cc1cccc(C(=O)O)c1. The Hall–Kier alpha value is -1.39. The summed E-state index contributed by atoms with van der Waals surface area (Å²) >= 11 is 0. The molecule has 1 rings (SSSR count). The zero-order chi connectivity index (χ0) is 11.4. The molecule has 2 atom stereocenters. The molecule has 0 spiro atoms. The second-order valence-electron chi connectivity index (χ2n) is 3.52. The lowest BCUT2D eigenvalue weighted by molar-refractivity contribution is 0.0319. The fourth-order valence-corrected chi connectivity index (χ4v) is 1.24. The van der Waals surface area contributed by atoms with Crippen molar-refractivity contribution in [2.45, 2.75) is 25.6 Å². The lowest BCUT2D eigenvalue weighted by Crippen LogP contribution is -2.24. The Labute approximate surface area is 87.8 Å². The summed E-state index contributed by atoms with van der Waals surface area (Å²) < 4.78 is 0. The molecule has 0 fully saturated rings. The Balaban J connectivity index is 2.78. The van der Waals surface area contributed by atoms with E-state index in [1.165, 1.54) is 19.1 Å². The van der Waals surface area contributed by atoms with Crippen LogP contribution in [-0.2, 0) is 6.42 Å². The summed E-state index contributed by atoms with van der Waals surface area (Å²) in [6, 6.07) is 6.32. The fourth-order valence-electron chi connectivity index (χ4n) is 1.24. The fraction of sp³-hybridized carbons (Fsp3) is 0.364. The van der Waals surface area contributed by atoms with Gasteiger partial charge in [-0.2, -0.15) is 0 Å². The molecule has 1 aromatic rings. The Kier molecular flexibility index (Phi) is 3.82. The van der Waals surface area contributed by atoms with Crippen LogP contribution < -0.4 is 0 Å². The van der Waals surface area contributed by atoms with Crippen molar-refractivity contribution in [3.05, 3.63) is 35.4 Å². The van der Waals surface area contributed by atoms with E-state index >= 15 is 0 Å². The molecule has 0 aliphatic heterocycles. The number of hydrogen-bond donors (Lipinski definition) is 3. The van der Waals surface area contributed by atoms with E-state index in [1.807, 2.05) is 0 Å². The van der Waals surface area contributed by atoms with E-state index in [-0.39, 0.29) is 12.0 Å². The van der Waals surface area contributed by atoms with E-state index in [1.54, 1.807) is 12.1 Å². The first-order valence-corrected chi connectivity index (χ1v) is 4.69. The van der Waals surface area contributed by atoms with Crippen molar-refractivity contribution in [2.24, 2.45) is 0 Å². The largest absolute Gasteiger partial charge is 0.478 e. The van der Waals surface area contributed by atoms with Gasteiger partial charge in [0.05, 0.1) is 17.8 Å². The van der Waals surface area contributed by atoms with Gasteiger partial charge in [0.15, 0.2) is 0 Å². The highest BCUT2D eigenvalue weighted by molar-refractivity contribution is 5.87. The monoisotopic (exact) mass is 210 g/mol. The molecule has 0 aromatic heterocycles. The molecule has 82 valence electrons. The zero-order valence-electron chi connectivity index (χ0n) is 8.42. The minimum Gasteiger partial charge on any atom is -0.478 e. The normalized spacial score (nSPS) is 14.6. The third-order valence-electron chi connectivity index (χ3n) is 2.18. The molecule has 1 aromatic carbocycles. The summed E-state index contributed by atoms with van der Waals surface area (Å²) in [5, 5.41) is 27.2. The maximum atomic E-state index is 10.7. The number of carboxylic acid groups (broad SMARTS) is 1. The van der Waals surface area contributed by atoms with E-state index in [0.29, 0.717) is 5.56 Å².